The monoisotopic (exact) mass is 342 g/mol. The van der Waals surface area contributed by atoms with Crippen molar-refractivity contribution in [2.24, 2.45) is 0 Å². The lowest BCUT2D eigenvalue weighted by atomic mass is 10.2. The van der Waals surface area contributed by atoms with Gasteiger partial charge >= 0.3 is 0 Å². The van der Waals surface area contributed by atoms with Gasteiger partial charge in [-0.05, 0) is 0 Å². The SMILES string of the molecule is CCc1nc([C@H]2CN(c3nc(-c4ccccc4)ns3)CCO2)n[nH]1. The maximum Gasteiger partial charge on any atom is 0.205 e. The minimum Gasteiger partial charge on any atom is -0.366 e. The van der Waals surface area contributed by atoms with Gasteiger partial charge in [0.25, 0.3) is 0 Å². The van der Waals surface area contributed by atoms with E-state index in [0.717, 1.165) is 35.3 Å². The van der Waals surface area contributed by atoms with Gasteiger partial charge in [0, 0.05) is 30.1 Å². The number of morpholine rings is 1. The van der Waals surface area contributed by atoms with Gasteiger partial charge < -0.3 is 9.64 Å². The first-order valence-corrected chi connectivity index (χ1v) is 8.77. The maximum atomic E-state index is 5.83. The number of nitrogens with zero attached hydrogens (tertiary/aromatic N) is 5. The second-order valence-electron chi connectivity index (χ2n) is 5.57. The zero-order valence-corrected chi connectivity index (χ0v) is 14.2. The predicted molar refractivity (Wildman–Crippen MR) is 92.0 cm³/mol. The van der Waals surface area contributed by atoms with Crippen LogP contribution in [0.1, 0.15) is 24.7 Å². The van der Waals surface area contributed by atoms with Crippen molar-refractivity contribution in [1.82, 2.24) is 24.5 Å². The third-order valence-corrected chi connectivity index (χ3v) is 4.73. The van der Waals surface area contributed by atoms with Crippen LogP contribution in [0.3, 0.4) is 0 Å². The Morgan fingerprint density at radius 1 is 1.29 bits per heavy atom. The molecule has 0 aliphatic carbocycles. The third-order valence-electron chi connectivity index (χ3n) is 3.96. The van der Waals surface area contributed by atoms with Gasteiger partial charge in [-0.25, -0.2) is 4.98 Å². The lowest BCUT2D eigenvalue weighted by molar-refractivity contribution is 0.0342. The van der Waals surface area contributed by atoms with E-state index in [4.69, 9.17) is 4.74 Å². The summed E-state index contributed by atoms with van der Waals surface area (Å²) in [5.74, 6) is 2.36. The standard InChI is InChI=1S/C16H18N6OS/c1-2-13-17-15(20-19-13)12-10-22(8-9-23-12)16-18-14(21-24-16)11-6-4-3-5-7-11/h3-7,12H,2,8-10H2,1H3,(H,17,19,20)/t12-/m1/s1. The van der Waals surface area contributed by atoms with Crippen molar-refractivity contribution in [2.75, 3.05) is 24.6 Å². The van der Waals surface area contributed by atoms with Crippen LogP contribution in [0.15, 0.2) is 30.3 Å². The van der Waals surface area contributed by atoms with Crippen LogP contribution in [0.4, 0.5) is 5.13 Å². The van der Waals surface area contributed by atoms with Crippen molar-refractivity contribution in [3.8, 4) is 11.4 Å². The van der Waals surface area contributed by atoms with Gasteiger partial charge in [0.2, 0.25) is 5.13 Å². The summed E-state index contributed by atoms with van der Waals surface area (Å²) < 4.78 is 10.3. The van der Waals surface area contributed by atoms with E-state index in [1.54, 1.807) is 0 Å². The van der Waals surface area contributed by atoms with Crippen LogP contribution in [0.25, 0.3) is 11.4 Å². The van der Waals surface area contributed by atoms with Gasteiger partial charge in [0.1, 0.15) is 11.9 Å². The molecule has 8 heteroatoms. The Kier molecular flexibility index (Phi) is 4.22. The zero-order chi connectivity index (χ0) is 16.4. The Balaban J connectivity index is 1.51. The lowest BCUT2D eigenvalue weighted by Crippen LogP contribution is -2.38. The summed E-state index contributed by atoms with van der Waals surface area (Å²) >= 11 is 1.42. The molecule has 0 unspecified atom stereocenters. The molecule has 0 amide bonds. The van der Waals surface area contributed by atoms with Crippen LogP contribution < -0.4 is 4.90 Å². The molecule has 1 saturated heterocycles. The highest BCUT2D eigenvalue weighted by molar-refractivity contribution is 7.09. The Bertz CT molecular complexity index is 802. The summed E-state index contributed by atoms with van der Waals surface area (Å²) in [5.41, 5.74) is 1.03. The maximum absolute atomic E-state index is 5.83. The number of aromatic amines is 1. The van der Waals surface area contributed by atoms with Crippen LogP contribution in [-0.4, -0.2) is 44.2 Å². The molecule has 1 aliphatic rings. The molecule has 1 atom stereocenters. The highest BCUT2D eigenvalue weighted by atomic mass is 32.1. The highest BCUT2D eigenvalue weighted by Gasteiger charge is 2.27. The first kappa shape index (κ1) is 15.2. The minimum absolute atomic E-state index is 0.139. The number of anilines is 1. The molecule has 1 N–H and O–H groups in total. The molecule has 0 radical (unpaired) electrons. The van der Waals surface area contributed by atoms with Gasteiger partial charge in [-0.1, -0.05) is 37.3 Å². The zero-order valence-electron chi connectivity index (χ0n) is 13.3. The summed E-state index contributed by atoms with van der Waals surface area (Å²) in [6.45, 7) is 4.15. The lowest BCUT2D eigenvalue weighted by Gasteiger charge is -2.30. The van der Waals surface area contributed by atoms with E-state index >= 15 is 0 Å². The van der Waals surface area contributed by atoms with Crippen molar-refractivity contribution in [2.45, 2.75) is 19.4 Å². The van der Waals surface area contributed by atoms with E-state index < -0.39 is 0 Å². The Labute approximate surface area is 143 Å². The number of aromatic nitrogens is 5. The van der Waals surface area contributed by atoms with Crippen LogP contribution in [0, 0.1) is 0 Å². The summed E-state index contributed by atoms with van der Waals surface area (Å²) in [5, 5.41) is 8.13. The van der Waals surface area contributed by atoms with Crippen molar-refractivity contribution >= 4 is 16.7 Å². The Hall–Kier alpha value is -2.32. The molecule has 3 heterocycles. The number of nitrogens with one attached hydrogen (secondary N) is 1. The van der Waals surface area contributed by atoms with Crippen LogP contribution >= 0.6 is 11.5 Å². The van der Waals surface area contributed by atoms with E-state index in [1.165, 1.54) is 11.5 Å². The fraction of sp³-hybridized carbons (Fsp3) is 0.375. The number of benzene rings is 1. The first-order valence-electron chi connectivity index (χ1n) is 8.00. The molecule has 0 saturated carbocycles. The third kappa shape index (κ3) is 3.02. The molecule has 0 bridgehead atoms. The van der Waals surface area contributed by atoms with E-state index in [-0.39, 0.29) is 6.10 Å². The quantitative estimate of drug-likeness (QED) is 0.784. The van der Waals surface area contributed by atoms with Gasteiger partial charge in [-0.3, -0.25) is 5.10 Å². The number of rotatable bonds is 4. The van der Waals surface area contributed by atoms with Gasteiger partial charge in [0.05, 0.1) is 13.2 Å². The molecule has 4 rings (SSSR count). The second kappa shape index (κ2) is 6.66. The molecule has 1 aliphatic heterocycles. The fourth-order valence-electron chi connectivity index (χ4n) is 2.64. The molecular formula is C16H18N6OS. The first-order chi connectivity index (χ1) is 11.8. The predicted octanol–water partition coefficient (Wildman–Crippen LogP) is 2.46. The molecule has 3 aromatic rings. The summed E-state index contributed by atoms with van der Waals surface area (Å²) in [6.07, 6.45) is 0.694. The minimum atomic E-state index is -0.139. The Morgan fingerprint density at radius 2 is 2.17 bits per heavy atom. The van der Waals surface area contributed by atoms with E-state index in [2.05, 4.69) is 29.4 Å². The van der Waals surface area contributed by atoms with E-state index in [9.17, 15) is 0 Å². The van der Waals surface area contributed by atoms with Crippen LogP contribution in [0.5, 0.6) is 0 Å². The largest absolute Gasteiger partial charge is 0.366 e. The van der Waals surface area contributed by atoms with Crippen molar-refractivity contribution in [3.63, 3.8) is 0 Å². The number of hydrogen-bond donors (Lipinski definition) is 1. The summed E-state index contributed by atoms with van der Waals surface area (Å²) in [6, 6.07) is 10.0. The molecule has 1 fully saturated rings. The molecule has 0 spiro atoms. The normalized spacial score (nSPS) is 18.0. The van der Waals surface area contributed by atoms with Crippen LogP contribution in [0.2, 0.25) is 0 Å². The molecule has 2 aromatic heterocycles. The average Bonchev–Trinajstić information content (AvgIpc) is 3.32. The van der Waals surface area contributed by atoms with Gasteiger partial charge in [-0.2, -0.15) is 14.5 Å². The number of H-pyrrole nitrogens is 1. The number of hydrogen-bond acceptors (Lipinski definition) is 7. The second-order valence-corrected chi connectivity index (χ2v) is 6.30. The van der Waals surface area contributed by atoms with Crippen molar-refractivity contribution in [1.29, 1.82) is 0 Å². The van der Waals surface area contributed by atoms with E-state index in [1.807, 2.05) is 37.3 Å². The fourth-order valence-corrected chi connectivity index (χ4v) is 3.36. The van der Waals surface area contributed by atoms with Gasteiger partial charge in [-0.15, -0.1) is 0 Å². The molecule has 24 heavy (non-hydrogen) atoms. The molecule has 7 nitrogen and oxygen atoms in total. The highest BCUT2D eigenvalue weighted by Crippen LogP contribution is 2.28. The van der Waals surface area contributed by atoms with Crippen molar-refractivity contribution in [3.05, 3.63) is 42.0 Å². The topological polar surface area (TPSA) is 79.8 Å². The molecular weight excluding hydrogens is 324 g/mol. The van der Waals surface area contributed by atoms with Crippen LogP contribution in [-0.2, 0) is 11.2 Å². The van der Waals surface area contributed by atoms with Crippen molar-refractivity contribution < 1.29 is 4.74 Å². The smallest absolute Gasteiger partial charge is 0.205 e. The average molecular weight is 342 g/mol. The summed E-state index contributed by atoms with van der Waals surface area (Å²) in [4.78, 5) is 11.4. The number of ether oxygens (including phenoxy) is 1. The van der Waals surface area contributed by atoms with Gasteiger partial charge in [0.15, 0.2) is 11.6 Å². The van der Waals surface area contributed by atoms with E-state index in [0.29, 0.717) is 19.0 Å². The molecule has 124 valence electrons. The number of aryl methyl sites for hydroxylation is 1. The summed E-state index contributed by atoms with van der Waals surface area (Å²) in [7, 11) is 0. The molecule has 1 aromatic carbocycles. The Morgan fingerprint density at radius 3 is 2.96 bits per heavy atom.